The predicted molar refractivity (Wildman–Crippen MR) is 29.9 cm³/mol. The molecule has 1 rings (SSSR count). The summed E-state index contributed by atoms with van der Waals surface area (Å²) >= 11 is 0. The predicted octanol–water partition coefficient (Wildman–Crippen LogP) is 1.33. The van der Waals surface area contributed by atoms with Gasteiger partial charge in [0.25, 0.3) is 0 Å². The molecule has 0 amide bonds. The maximum Gasteiger partial charge on any atom is 0 e. The van der Waals surface area contributed by atoms with Crippen molar-refractivity contribution in [2.75, 3.05) is 0 Å². The Morgan fingerprint density at radius 3 is 1.30 bits per heavy atom. The summed E-state index contributed by atoms with van der Waals surface area (Å²) in [5.74, 6) is 0. The first-order chi connectivity index (χ1) is 4.50. The van der Waals surface area contributed by atoms with Crippen LogP contribution in [0, 0.1) is 13.3 Å². The van der Waals surface area contributed by atoms with Gasteiger partial charge in [-0.25, -0.2) is 12.1 Å². The summed E-state index contributed by atoms with van der Waals surface area (Å²) < 4.78 is 15.0. The molecule has 0 aliphatic rings. The zero-order valence-electron chi connectivity index (χ0n) is 5.04. The summed E-state index contributed by atoms with van der Waals surface area (Å²) in [6.07, 6.45) is 0. The minimum atomic E-state index is 0. The average molecular weight is 180 g/mol. The van der Waals surface area contributed by atoms with Gasteiger partial charge in [0, 0.05) is 16.8 Å². The van der Waals surface area contributed by atoms with E-state index < -0.39 is 0 Å². The molecule has 0 aromatic heterocycles. The molecule has 0 saturated carbocycles. The summed E-state index contributed by atoms with van der Waals surface area (Å²) in [5.41, 5.74) is 0. The Balaban J connectivity index is -0.0000000875. The molecule has 0 bridgehead atoms. The van der Waals surface area contributed by atoms with Crippen molar-refractivity contribution in [1.29, 1.82) is 0 Å². The van der Waals surface area contributed by atoms with Gasteiger partial charge < -0.3 is 0 Å². The van der Waals surface area contributed by atoms with Gasteiger partial charge >= 0.3 is 22.6 Å². The molecular formula is C7H5CoO2-. The minimum Gasteiger partial charge on any atom is -0.214 e. The summed E-state index contributed by atoms with van der Waals surface area (Å²) in [7, 11) is 0. The maximum atomic E-state index is 7.50. The molecule has 1 aromatic carbocycles. The molecule has 0 atom stereocenters. The Bertz CT molecular complexity index is 118. The van der Waals surface area contributed by atoms with E-state index in [1.807, 2.05) is 30.3 Å². The molecule has 0 spiro atoms. The summed E-state index contributed by atoms with van der Waals surface area (Å²) in [5, 5.41) is 0. The van der Waals surface area contributed by atoms with E-state index in [4.69, 9.17) is 9.30 Å². The van der Waals surface area contributed by atoms with Gasteiger partial charge in [-0.1, -0.05) is 0 Å². The summed E-state index contributed by atoms with van der Waals surface area (Å²) in [6.45, 7) is 9.00. The van der Waals surface area contributed by atoms with Crippen LogP contribution in [0.1, 0.15) is 0 Å². The van der Waals surface area contributed by atoms with E-state index >= 15 is 0 Å². The van der Waals surface area contributed by atoms with Gasteiger partial charge in [0.15, 0.2) is 0 Å². The van der Waals surface area contributed by atoms with Crippen molar-refractivity contribution >= 4 is 0 Å². The van der Waals surface area contributed by atoms with Crippen molar-refractivity contribution in [3.05, 3.63) is 43.6 Å². The second kappa shape index (κ2) is 23.9. The van der Waals surface area contributed by atoms with Crippen LogP contribution in [0.4, 0.5) is 0 Å². The second-order valence-electron chi connectivity index (χ2n) is 0.962. The molecule has 0 heterocycles. The van der Waals surface area contributed by atoms with Gasteiger partial charge in [-0.2, -0.15) is 18.2 Å². The van der Waals surface area contributed by atoms with E-state index in [0.29, 0.717) is 0 Å². The first-order valence-corrected chi connectivity index (χ1v) is 2.07. The number of hydrogen-bond acceptors (Lipinski definition) is 0. The van der Waals surface area contributed by atoms with Crippen molar-refractivity contribution in [3.8, 4) is 0 Å². The van der Waals surface area contributed by atoms with Crippen molar-refractivity contribution in [2.45, 2.75) is 0 Å². The smallest absolute Gasteiger partial charge is 0 e. The Morgan fingerprint density at radius 1 is 0.900 bits per heavy atom. The van der Waals surface area contributed by atoms with E-state index in [1.165, 1.54) is 0 Å². The van der Waals surface area contributed by atoms with Gasteiger partial charge in [0.1, 0.15) is 0 Å². The van der Waals surface area contributed by atoms with Crippen LogP contribution in [0.5, 0.6) is 0 Å². The van der Waals surface area contributed by atoms with E-state index in [-0.39, 0.29) is 16.8 Å². The number of hydrogen-bond donors (Lipinski definition) is 0. The van der Waals surface area contributed by atoms with Crippen LogP contribution in [0.2, 0.25) is 0 Å². The van der Waals surface area contributed by atoms with Gasteiger partial charge in [-0.3, -0.25) is 0 Å². The molecule has 55 valence electrons. The second-order valence-corrected chi connectivity index (χ2v) is 0.962. The molecule has 10 heavy (non-hydrogen) atoms. The van der Waals surface area contributed by atoms with Crippen LogP contribution in [0.3, 0.4) is 0 Å². The Kier molecular flexibility index (Phi) is 38.6. The van der Waals surface area contributed by atoms with Gasteiger partial charge in [-0.15, -0.1) is 0 Å². The summed E-state index contributed by atoms with van der Waals surface area (Å²) in [6, 6.07) is 10.0. The molecule has 0 saturated heterocycles. The molecule has 0 fully saturated rings. The van der Waals surface area contributed by atoms with Crippen molar-refractivity contribution < 1.29 is 26.1 Å². The van der Waals surface area contributed by atoms with Crippen LogP contribution >= 0.6 is 0 Å². The molecule has 1 aromatic rings. The Hall–Kier alpha value is -0.664. The minimum absolute atomic E-state index is 0. The standard InChI is InChI=1S/C5H5.2CO.Co/c1-2-4-5-3-1;2*1-2;/h1-5H;;;/q-1;;;. The fourth-order valence-corrected chi connectivity index (χ4v) is 0.321. The van der Waals surface area contributed by atoms with Gasteiger partial charge in [-0.05, 0) is 0 Å². The molecular weight excluding hydrogens is 175 g/mol. The third kappa shape index (κ3) is 15.7. The van der Waals surface area contributed by atoms with E-state index in [0.717, 1.165) is 0 Å². The zero-order chi connectivity index (χ0) is 7.54. The molecule has 3 heteroatoms. The van der Waals surface area contributed by atoms with E-state index in [1.54, 1.807) is 0 Å². The number of rotatable bonds is 0. The molecule has 1 radical (unpaired) electrons. The average Bonchev–Trinajstić information content (AvgIpc) is 2.51. The molecule has 0 aliphatic carbocycles. The van der Waals surface area contributed by atoms with Gasteiger partial charge in [0.05, 0.1) is 0 Å². The Labute approximate surface area is 70.2 Å². The fourth-order valence-electron chi connectivity index (χ4n) is 0.321. The summed E-state index contributed by atoms with van der Waals surface area (Å²) in [4.78, 5) is 0. The van der Waals surface area contributed by atoms with E-state index in [2.05, 4.69) is 13.3 Å². The van der Waals surface area contributed by atoms with Crippen LogP contribution in [-0.2, 0) is 26.1 Å². The largest absolute Gasteiger partial charge is 0.214 e. The van der Waals surface area contributed by atoms with E-state index in [9.17, 15) is 0 Å². The quantitative estimate of drug-likeness (QED) is 0.426. The monoisotopic (exact) mass is 180 g/mol. The molecule has 0 aliphatic heterocycles. The van der Waals surface area contributed by atoms with Crippen LogP contribution in [-0.4, -0.2) is 0 Å². The SMILES string of the molecule is [C-]#[O+].[C-]#[O+].[Co].c1cc[cH-]c1. The van der Waals surface area contributed by atoms with Crippen LogP contribution < -0.4 is 0 Å². The zero-order valence-corrected chi connectivity index (χ0v) is 6.08. The van der Waals surface area contributed by atoms with Crippen molar-refractivity contribution in [3.63, 3.8) is 0 Å². The van der Waals surface area contributed by atoms with Crippen molar-refractivity contribution in [2.24, 2.45) is 0 Å². The third-order valence-electron chi connectivity index (χ3n) is 0.556. The first-order valence-electron chi connectivity index (χ1n) is 2.07. The van der Waals surface area contributed by atoms with Crippen molar-refractivity contribution in [1.82, 2.24) is 0 Å². The fraction of sp³-hybridized carbons (Fsp3) is 0. The van der Waals surface area contributed by atoms with Crippen LogP contribution in [0.25, 0.3) is 0 Å². The first kappa shape index (κ1) is 16.2. The molecule has 0 N–H and O–H groups in total. The Morgan fingerprint density at radius 2 is 1.20 bits per heavy atom. The van der Waals surface area contributed by atoms with Crippen LogP contribution in [0.15, 0.2) is 30.3 Å². The topological polar surface area (TPSA) is 39.8 Å². The normalized spacial score (nSPS) is 4.40. The van der Waals surface area contributed by atoms with Gasteiger partial charge in [0.2, 0.25) is 0 Å². The third-order valence-corrected chi connectivity index (χ3v) is 0.556. The molecule has 0 unspecified atom stereocenters. The molecule has 2 nitrogen and oxygen atoms in total. The maximum absolute atomic E-state index is 7.50.